The topological polar surface area (TPSA) is 88.8 Å². The van der Waals surface area contributed by atoms with E-state index in [9.17, 15) is 9.59 Å². The average molecular weight is 387 g/mol. The summed E-state index contributed by atoms with van der Waals surface area (Å²) in [6, 6.07) is 0. The van der Waals surface area contributed by atoms with E-state index in [1.54, 1.807) is 34.1 Å². The van der Waals surface area contributed by atoms with Crippen LogP contribution < -0.4 is 5.32 Å². The van der Waals surface area contributed by atoms with Gasteiger partial charge in [-0.15, -0.1) is 0 Å². The second-order valence-corrected chi connectivity index (χ2v) is 8.45. The van der Waals surface area contributed by atoms with Crippen LogP contribution >= 0.6 is 0 Å². The molecule has 1 aliphatic heterocycles. The van der Waals surface area contributed by atoms with Crippen LogP contribution in [0.3, 0.4) is 0 Å². The third-order valence-electron chi connectivity index (χ3n) is 5.40. The van der Waals surface area contributed by atoms with Gasteiger partial charge in [-0.2, -0.15) is 0 Å². The molecule has 8 nitrogen and oxygen atoms in total. The molecule has 0 atom stereocenters. The molecule has 0 bridgehead atoms. The summed E-state index contributed by atoms with van der Waals surface area (Å²) in [5.41, 5.74) is 0.628. The normalized spacial score (nSPS) is 16.8. The summed E-state index contributed by atoms with van der Waals surface area (Å²) in [5.74, 6) is -0.152. The number of hydrogen-bond acceptors (Lipinski definition) is 5. The Balaban J connectivity index is 1.59. The number of amides is 2. The number of carbonyl (C=O) groups is 2. The van der Waals surface area contributed by atoms with E-state index in [1.807, 2.05) is 20.8 Å². The van der Waals surface area contributed by atoms with Gasteiger partial charge in [0, 0.05) is 32.0 Å². The van der Waals surface area contributed by atoms with E-state index < -0.39 is 5.60 Å². The quantitative estimate of drug-likeness (QED) is 0.871. The molecule has 0 radical (unpaired) electrons. The number of hydrogen-bond donors (Lipinski definition) is 1. The van der Waals surface area contributed by atoms with Crippen molar-refractivity contribution in [2.24, 2.45) is 5.41 Å². The van der Waals surface area contributed by atoms with Gasteiger partial charge in [0.15, 0.2) is 5.65 Å². The van der Waals surface area contributed by atoms with Crippen molar-refractivity contribution in [2.45, 2.75) is 52.6 Å². The van der Waals surface area contributed by atoms with E-state index in [0.717, 1.165) is 19.3 Å². The van der Waals surface area contributed by atoms with Gasteiger partial charge in [0.05, 0.1) is 12.4 Å². The number of imidazole rings is 1. The zero-order valence-corrected chi connectivity index (χ0v) is 17.1. The van der Waals surface area contributed by atoms with Crippen LogP contribution in [-0.2, 0) is 4.74 Å². The Labute approximate surface area is 165 Å². The summed E-state index contributed by atoms with van der Waals surface area (Å²) < 4.78 is 7.20. The molecule has 152 valence electrons. The molecule has 0 aromatic carbocycles. The second-order valence-electron chi connectivity index (χ2n) is 8.45. The van der Waals surface area contributed by atoms with Crippen LogP contribution in [-0.4, -0.2) is 56.5 Å². The van der Waals surface area contributed by atoms with Crippen LogP contribution in [0.1, 0.15) is 57.4 Å². The minimum atomic E-state index is -0.492. The molecule has 0 saturated carbocycles. The van der Waals surface area contributed by atoms with Gasteiger partial charge in [-0.3, -0.25) is 14.2 Å². The lowest BCUT2D eigenvalue weighted by Crippen LogP contribution is -2.48. The molecule has 2 amide bonds. The van der Waals surface area contributed by atoms with E-state index in [1.165, 1.54) is 0 Å². The first kappa shape index (κ1) is 20.1. The minimum Gasteiger partial charge on any atom is -0.444 e. The summed E-state index contributed by atoms with van der Waals surface area (Å²) >= 11 is 0. The fourth-order valence-corrected chi connectivity index (χ4v) is 3.51. The molecule has 1 fully saturated rings. The van der Waals surface area contributed by atoms with Gasteiger partial charge in [-0.25, -0.2) is 9.78 Å². The predicted molar refractivity (Wildman–Crippen MR) is 105 cm³/mol. The van der Waals surface area contributed by atoms with Crippen molar-refractivity contribution in [3.05, 3.63) is 30.5 Å². The molecule has 8 heteroatoms. The number of nitrogens with one attached hydrogen (secondary N) is 1. The van der Waals surface area contributed by atoms with E-state index in [4.69, 9.17) is 4.74 Å². The fourth-order valence-electron chi connectivity index (χ4n) is 3.51. The van der Waals surface area contributed by atoms with Gasteiger partial charge in [0.2, 0.25) is 0 Å². The highest BCUT2D eigenvalue weighted by molar-refractivity contribution is 5.93. The number of fused-ring (bicyclic) bond motifs is 1. The van der Waals surface area contributed by atoms with E-state index in [0.29, 0.717) is 31.0 Å². The molecule has 2 aromatic heterocycles. The van der Waals surface area contributed by atoms with Crippen molar-refractivity contribution in [1.82, 2.24) is 24.6 Å². The van der Waals surface area contributed by atoms with Crippen LogP contribution in [0.2, 0.25) is 0 Å². The minimum absolute atomic E-state index is 0.0176. The summed E-state index contributed by atoms with van der Waals surface area (Å²) in [6.07, 6.45) is 8.89. The Hall–Kier alpha value is -2.64. The Morgan fingerprint density at radius 2 is 1.96 bits per heavy atom. The SMILES string of the molecule is CCC1(CNC(=O)c2cnc3cnccn23)CCN(C(=O)OC(C)(C)C)CC1. The monoisotopic (exact) mass is 387 g/mol. The zero-order valence-electron chi connectivity index (χ0n) is 17.1. The first-order valence-electron chi connectivity index (χ1n) is 9.76. The van der Waals surface area contributed by atoms with Gasteiger partial charge >= 0.3 is 6.09 Å². The van der Waals surface area contributed by atoms with Gasteiger partial charge in [-0.05, 0) is 45.4 Å². The number of piperidine rings is 1. The first-order valence-corrected chi connectivity index (χ1v) is 9.76. The Morgan fingerprint density at radius 1 is 1.25 bits per heavy atom. The molecule has 3 heterocycles. The molecule has 1 aliphatic rings. The van der Waals surface area contributed by atoms with Crippen LogP contribution in [0.4, 0.5) is 4.79 Å². The third-order valence-corrected chi connectivity index (χ3v) is 5.40. The number of rotatable bonds is 4. The van der Waals surface area contributed by atoms with Crippen molar-refractivity contribution in [2.75, 3.05) is 19.6 Å². The third kappa shape index (κ3) is 4.43. The van der Waals surface area contributed by atoms with E-state index >= 15 is 0 Å². The van der Waals surface area contributed by atoms with Gasteiger partial charge < -0.3 is 15.0 Å². The van der Waals surface area contributed by atoms with E-state index in [-0.39, 0.29) is 17.4 Å². The van der Waals surface area contributed by atoms with Crippen molar-refractivity contribution in [1.29, 1.82) is 0 Å². The van der Waals surface area contributed by atoms with Gasteiger partial charge in [0.1, 0.15) is 11.3 Å². The number of ether oxygens (including phenoxy) is 1. The lowest BCUT2D eigenvalue weighted by Gasteiger charge is -2.41. The maximum absolute atomic E-state index is 12.7. The molecule has 2 aromatic rings. The largest absolute Gasteiger partial charge is 0.444 e. The molecule has 3 rings (SSSR count). The predicted octanol–water partition coefficient (Wildman–Crippen LogP) is 2.89. The number of nitrogens with zero attached hydrogens (tertiary/aromatic N) is 4. The van der Waals surface area contributed by atoms with E-state index in [2.05, 4.69) is 22.2 Å². The summed E-state index contributed by atoms with van der Waals surface area (Å²) in [6.45, 7) is 9.60. The molecule has 28 heavy (non-hydrogen) atoms. The highest BCUT2D eigenvalue weighted by Gasteiger charge is 2.36. The molecule has 0 unspecified atom stereocenters. The standard InChI is InChI=1S/C20H29N5O3/c1-5-20(6-9-24(10-7-20)18(27)28-19(2,3)4)14-23-17(26)15-12-22-16-13-21-8-11-25(15)16/h8,11-13H,5-7,9-10,14H2,1-4H3,(H,23,26). The van der Waals surface area contributed by atoms with Crippen LogP contribution in [0.5, 0.6) is 0 Å². The molecular formula is C20H29N5O3. The lowest BCUT2D eigenvalue weighted by atomic mass is 9.76. The number of likely N-dealkylation sites (tertiary alicyclic amines) is 1. The number of carbonyl (C=O) groups excluding carboxylic acids is 2. The Bertz CT molecular complexity index is 847. The molecule has 0 aliphatic carbocycles. The summed E-state index contributed by atoms with van der Waals surface area (Å²) in [7, 11) is 0. The van der Waals surface area contributed by atoms with Crippen molar-refractivity contribution in [3.8, 4) is 0 Å². The maximum Gasteiger partial charge on any atom is 0.410 e. The lowest BCUT2D eigenvalue weighted by molar-refractivity contribution is 0.00935. The maximum atomic E-state index is 12.7. The smallest absolute Gasteiger partial charge is 0.410 e. The van der Waals surface area contributed by atoms with Crippen LogP contribution in [0.15, 0.2) is 24.8 Å². The average Bonchev–Trinajstić information content (AvgIpc) is 3.09. The van der Waals surface area contributed by atoms with Crippen LogP contribution in [0.25, 0.3) is 5.65 Å². The van der Waals surface area contributed by atoms with Crippen LogP contribution in [0, 0.1) is 5.41 Å². The van der Waals surface area contributed by atoms with Crippen molar-refractivity contribution in [3.63, 3.8) is 0 Å². The number of aromatic nitrogens is 3. The fraction of sp³-hybridized carbons (Fsp3) is 0.600. The second kappa shape index (κ2) is 7.77. The van der Waals surface area contributed by atoms with Gasteiger partial charge in [-0.1, -0.05) is 6.92 Å². The summed E-state index contributed by atoms with van der Waals surface area (Å²) in [5, 5.41) is 3.07. The first-order chi connectivity index (χ1) is 13.2. The molecular weight excluding hydrogens is 358 g/mol. The van der Waals surface area contributed by atoms with Gasteiger partial charge in [0.25, 0.3) is 5.91 Å². The van der Waals surface area contributed by atoms with Crippen molar-refractivity contribution < 1.29 is 14.3 Å². The Morgan fingerprint density at radius 3 is 2.61 bits per heavy atom. The molecule has 0 spiro atoms. The highest BCUT2D eigenvalue weighted by Crippen LogP contribution is 2.34. The molecule has 1 N–H and O–H groups in total. The highest BCUT2D eigenvalue weighted by atomic mass is 16.6. The zero-order chi connectivity index (χ0) is 20.4. The Kier molecular flexibility index (Phi) is 5.58. The van der Waals surface area contributed by atoms with Crippen molar-refractivity contribution >= 4 is 17.6 Å². The molecule has 1 saturated heterocycles. The summed E-state index contributed by atoms with van der Waals surface area (Å²) in [4.78, 5) is 34.9.